The molecule has 2 rings (SSSR count). The molecule has 0 atom stereocenters. The smallest absolute Gasteiger partial charge is 0.236 e. The molecule has 4 heteroatoms. The zero-order valence-corrected chi connectivity index (χ0v) is 12.0. The normalized spacial score (nSPS) is 23.9. The topological polar surface area (TPSA) is 52.6 Å². The maximum Gasteiger partial charge on any atom is 0.236 e. The number of amides is 1. The molecule has 19 heavy (non-hydrogen) atoms. The van der Waals surface area contributed by atoms with Gasteiger partial charge < -0.3 is 15.3 Å². The summed E-state index contributed by atoms with van der Waals surface area (Å²) >= 11 is 0. The van der Waals surface area contributed by atoms with E-state index in [-0.39, 0.29) is 18.1 Å². The zero-order valence-electron chi connectivity index (χ0n) is 12.0. The summed E-state index contributed by atoms with van der Waals surface area (Å²) < 4.78 is 0. The van der Waals surface area contributed by atoms with E-state index in [9.17, 15) is 9.90 Å². The van der Waals surface area contributed by atoms with Crippen LogP contribution in [0.4, 0.5) is 0 Å². The molecule has 1 saturated heterocycles. The van der Waals surface area contributed by atoms with Crippen LogP contribution >= 0.6 is 0 Å². The number of hydrogen-bond acceptors (Lipinski definition) is 3. The van der Waals surface area contributed by atoms with Gasteiger partial charge in [-0.25, -0.2) is 0 Å². The van der Waals surface area contributed by atoms with Gasteiger partial charge in [0.1, 0.15) is 0 Å². The van der Waals surface area contributed by atoms with Gasteiger partial charge in [0, 0.05) is 18.6 Å². The van der Waals surface area contributed by atoms with Gasteiger partial charge in [-0.05, 0) is 25.7 Å². The Morgan fingerprint density at radius 2 is 1.58 bits per heavy atom. The Hall–Kier alpha value is -0.610. The highest BCUT2D eigenvalue weighted by atomic mass is 16.3. The number of carbonyl (C=O) groups excluding carboxylic acids is 1. The summed E-state index contributed by atoms with van der Waals surface area (Å²) in [4.78, 5) is 14.2. The quantitative estimate of drug-likeness (QED) is 0.815. The number of likely N-dealkylation sites (tertiary alicyclic amines) is 1. The predicted octanol–water partition coefficient (Wildman–Crippen LogP) is 1.67. The SMILES string of the molecule is O=C(CNC1(CO)CCCCC1)N1CCCCCC1. The standard InChI is InChI=1S/C15H28N2O2/c18-13-15(8-4-3-5-9-15)16-12-14(19)17-10-6-1-2-7-11-17/h16,18H,1-13H2. The zero-order chi connectivity index (χ0) is 13.6. The minimum Gasteiger partial charge on any atom is -0.394 e. The minimum absolute atomic E-state index is 0.153. The van der Waals surface area contributed by atoms with Crippen molar-refractivity contribution in [3.63, 3.8) is 0 Å². The summed E-state index contributed by atoms with van der Waals surface area (Å²) in [5.74, 6) is 0.209. The van der Waals surface area contributed by atoms with Gasteiger partial charge in [-0.2, -0.15) is 0 Å². The summed E-state index contributed by atoms with van der Waals surface area (Å²) in [5.41, 5.74) is -0.195. The number of carbonyl (C=O) groups is 1. The molecule has 0 unspecified atom stereocenters. The van der Waals surface area contributed by atoms with Gasteiger partial charge in [-0.3, -0.25) is 4.79 Å². The number of nitrogens with one attached hydrogen (secondary N) is 1. The van der Waals surface area contributed by atoms with Crippen molar-refractivity contribution < 1.29 is 9.90 Å². The largest absolute Gasteiger partial charge is 0.394 e. The molecule has 2 N–H and O–H groups in total. The average Bonchev–Trinajstić information content (AvgIpc) is 2.75. The molecule has 1 heterocycles. The highest BCUT2D eigenvalue weighted by Gasteiger charge is 2.31. The van der Waals surface area contributed by atoms with Crippen molar-refractivity contribution in [3.05, 3.63) is 0 Å². The van der Waals surface area contributed by atoms with Crippen molar-refractivity contribution in [2.75, 3.05) is 26.2 Å². The van der Waals surface area contributed by atoms with Gasteiger partial charge in [-0.1, -0.05) is 32.1 Å². The Bertz CT molecular complexity index is 280. The fourth-order valence-electron chi connectivity index (χ4n) is 3.31. The van der Waals surface area contributed by atoms with Gasteiger partial charge in [-0.15, -0.1) is 0 Å². The highest BCUT2D eigenvalue weighted by Crippen LogP contribution is 2.27. The second-order valence-electron chi connectivity index (χ2n) is 6.15. The molecule has 0 radical (unpaired) electrons. The molecule has 1 aliphatic heterocycles. The van der Waals surface area contributed by atoms with Crippen LogP contribution in [0.25, 0.3) is 0 Å². The third-order valence-corrected chi connectivity index (χ3v) is 4.69. The van der Waals surface area contributed by atoms with E-state index in [0.717, 1.165) is 51.6 Å². The molecule has 0 aromatic carbocycles. The van der Waals surface area contributed by atoms with Gasteiger partial charge in [0.15, 0.2) is 0 Å². The molecule has 2 fully saturated rings. The number of aliphatic hydroxyl groups excluding tert-OH is 1. The fourth-order valence-corrected chi connectivity index (χ4v) is 3.31. The van der Waals surface area contributed by atoms with Crippen LogP contribution in [0.3, 0.4) is 0 Å². The molecule has 1 amide bonds. The van der Waals surface area contributed by atoms with Crippen molar-refractivity contribution in [1.29, 1.82) is 0 Å². The Balaban J connectivity index is 1.80. The Labute approximate surface area is 116 Å². The van der Waals surface area contributed by atoms with Gasteiger partial charge in [0.25, 0.3) is 0 Å². The molecule has 1 saturated carbocycles. The van der Waals surface area contributed by atoms with Crippen molar-refractivity contribution in [1.82, 2.24) is 10.2 Å². The summed E-state index contributed by atoms with van der Waals surface area (Å²) in [7, 11) is 0. The van der Waals surface area contributed by atoms with Crippen LogP contribution in [-0.4, -0.2) is 47.7 Å². The highest BCUT2D eigenvalue weighted by molar-refractivity contribution is 5.78. The minimum atomic E-state index is -0.195. The van der Waals surface area contributed by atoms with Gasteiger partial charge >= 0.3 is 0 Å². The van der Waals surface area contributed by atoms with Crippen LogP contribution in [0.15, 0.2) is 0 Å². The van der Waals surface area contributed by atoms with E-state index in [1.165, 1.54) is 19.3 Å². The van der Waals surface area contributed by atoms with E-state index >= 15 is 0 Å². The second-order valence-corrected chi connectivity index (χ2v) is 6.15. The summed E-state index contributed by atoms with van der Waals surface area (Å²) in [5, 5.41) is 13.0. The maximum atomic E-state index is 12.2. The molecule has 110 valence electrons. The van der Waals surface area contributed by atoms with E-state index < -0.39 is 0 Å². The van der Waals surface area contributed by atoms with Gasteiger partial charge in [0.2, 0.25) is 5.91 Å². The first-order valence-electron chi connectivity index (χ1n) is 7.89. The Kier molecular flexibility index (Phi) is 5.64. The third-order valence-electron chi connectivity index (χ3n) is 4.69. The van der Waals surface area contributed by atoms with Crippen LogP contribution in [0.1, 0.15) is 57.8 Å². The van der Waals surface area contributed by atoms with Crippen molar-refractivity contribution >= 4 is 5.91 Å². The maximum absolute atomic E-state index is 12.2. The first-order valence-corrected chi connectivity index (χ1v) is 7.89. The number of aliphatic hydroxyl groups is 1. The van der Waals surface area contributed by atoms with E-state index in [1.807, 2.05) is 4.90 Å². The van der Waals surface area contributed by atoms with E-state index in [4.69, 9.17) is 0 Å². The molecular weight excluding hydrogens is 240 g/mol. The fraction of sp³-hybridized carbons (Fsp3) is 0.933. The lowest BCUT2D eigenvalue weighted by Crippen LogP contribution is -2.53. The van der Waals surface area contributed by atoms with Crippen LogP contribution in [0.5, 0.6) is 0 Å². The lowest BCUT2D eigenvalue weighted by atomic mass is 9.82. The van der Waals surface area contributed by atoms with E-state index in [2.05, 4.69) is 5.32 Å². The Morgan fingerprint density at radius 3 is 2.16 bits per heavy atom. The molecule has 0 aromatic heterocycles. The molecular formula is C15H28N2O2. The van der Waals surface area contributed by atoms with Crippen LogP contribution in [0, 0.1) is 0 Å². The van der Waals surface area contributed by atoms with Crippen molar-refractivity contribution in [2.45, 2.75) is 63.3 Å². The van der Waals surface area contributed by atoms with E-state index in [1.54, 1.807) is 0 Å². The molecule has 0 bridgehead atoms. The first kappa shape index (κ1) is 14.8. The van der Waals surface area contributed by atoms with Gasteiger partial charge in [0.05, 0.1) is 13.2 Å². The molecule has 0 spiro atoms. The molecule has 1 aliphatic carbocycles. The summed E-state index contributed by atoms with van der Waals surface area (Å²) in [6.07, 6.45) is 10.3. The third kappa shape index (κ3) is 4.18. The molecule has 4 nitrogen and oxygen atoms in total. The van der Waals surface area contributed by atoms with E-state index in [0.29, 0.717) is 6.54 Å². The number of nitrogens with zero attached hydrogens (tertiary/aromatic N) is 1. The first-order chi connectivity index (χ1) is 9.26. The monoisotopic (exact) mass is 268 g/mol. The van der Waals surface area contributed by atoms with Crippen LogP contribution < -0.4 is 5.32 Å². The Morgan fingerprint density at radius 1 is 1.00 bits per heavy atom. The second kappa shape index (κ2) is 7.25. The lowest BCUT2D eigenvalue weighted by Gasteiger charge is -2.37. The van der Waals surface area contributed by atoms with Crippen LogP contribution in [0.2, 0.25) is 0 Å². The summed E-state index contributed by atoms with van der Waals surface area (Å²) in [6.45, 7) is 2.36. The average molecular weight is 268 g/mol. The molecule has 0 aromatic rings. The number of hydrogen-bond donors (Lipinski definition) is 2. The predicted molar refractivity (Wildman–Crippen MR) is 76.0 cm³/mol. The lowest BCUT2D eigenvalue weighted by molar-refractivity contribution is -0.130. The summed E-state index contributed by atoms with van der Waals surface area (Å²) in [6, 6.07) is 0. The van der Waals surface area contributed by atoms with Crippen molar-refractivity contribution in [3.8, 4) is 0 Å². The number of rotatable bonds is 4. The van der Waals surface area contributed by atoms with Crippen LogP contribution in [-0.2, 0) is 4.79 Å². The molecule has 2 aliphatic rings. The van der Waals surface area contributed by atoms with Crippen molar-refractivity contribution in [2.24, 2.45) is 0 Å².